The topological polar surface area (TPSA) is 72.3 Å². The number of nitriles is 2. The molecule has 0 aliphatic heterocycles. The number of nitrogens with zero attached hydrogens (tertiary/aromatic N) is 4. The molecule has 0 amide bonds. The van der Waals surface area contributed by atoms with Crippen LogP contribution in [-0.2, 0) is 12.4 Å². The van der Waals surface area contributed by atoms with E-state index in [0.717, 1.165) is 12.1 Å². The molecular formula is C36H14F8N4. The molecule has 0 saturated heterocycles. The Bertz CT molecular complexity index is 2520. The van der Waals surface area contributed by atoms with Crippen molar-refractivity contribution in [2.75, 3.05) is 0 Å². The summed E-state index contributed by atoms with van der Waals surface area (Å²) in [5.41, 5.74) is -2.00. The number of rotatable bonds is 2. The first-order valence-corrected chi connectivity index (χ1v) is 14.0. The van der Waals surface area contributed by atoms with E-state index in [1.54, 1.807) is 60.9 Å². The quantitative estimate of drug-likeness (QED) is 0.138. The first-order valence-electron chi connectivity index (χ1n) is 14.0. The van der Waals surface area contributed by atoms with Crippen LogP contribution in [0, 0.1) is 34.5 Å². The summed E-state index contributed by atoms with van der Waals surface area (Å²) in [6.45, 7) is 0. The SMILES string of the molecule is N#C/N=c1/c2cc(-c3ccc(F)c(C(F)(F)F)c3)ccc2c2cc3c(cc12)/c(=N/C#N)c1cc(-c2ccc(F)c(C(F)(F)F)c2)ccc13. The summed E-state index contributed by atoms with van der Waals surface area (Å²) in [6.07, 6.45) is -6.32. The first kappa shape index (κ1) is 30.5. The monoisotopic (exact) mass is 654 g/mol. The predicted octanol–water partition coefficient (Wildman–Crippen LogP) is 9.59. The second-order valence-corrected chi connectivity index (χ2v) is 11.0. The molecule has 7 aromatic carbocycles. The number of fused-ring (bicyclic) bond motifs is 6. The molecule has 0 unspecified atom stereocenters. The highest BCUT2D eigenvalue weighted by Crippen LogP contribution is 2.39. The molecule has 0 aliphatic carbocycles. The van der Waals surface area contributed by atoms with Gasteiger partial charge in [0.25, 0.3) is 0 Å². The lowest BCUT2D eigenvalue weighted by Crippen LogP contribution is -2.08. The van der Waals surface area contributed by atoms with Crippen LogP contribution < -0.4 is 10.7 Å². The number of halogens is 8. The molecule has 0 radical (unpaired) electrons. The minimum absolute atomic E-state index is 0.0953. The van der Waals surface area contributed by atoms with Gasteiger partial charge in [0.15, 0.2) is 0 Å². The molecule has 48 heavy (non-hydrogen) atoms. The second-order valence-electron chi connectivity index (χ2n) is 11.0. The van der Waals surface area contributed by atoms with E-state index in [1.165, 1.54) is 12.1 Å². The molecule has 4 nitrogen and oxygen atoms in total. The van der Waals surface area contributed by atoms with Crippen molar-refractivity contribution in [2.45, 2.75) is 12.4 Å². The summed E-state index contributed by atoms with van der Waals surface area (Å²) in [6, 6.07) is 18.4. The second kappa shape index (κ2) is 10.7. The van der Waals surface area contributed by atoms with E-state index in [2.05, 4.69) is 9.98 Å². The zero-order chi connectivity index (χ0) is 34.1. The third kappa shape index (κ3) is 4.81. The zero-order valence-electron chi connectivity index (χ0n) is 23.9. The summed E-state index contributed by atoms with van der Waals surface area (Å²) in [5, 5.41) is 23.8. The van der Waals surface area contributed by atoms with E-state index in [4.69, 9.17) is 0 Å². The molecule has 0 spiro atoms. The van der Waals surface area contributed by atoms with E-state index in [9.17, 15) is 45.6 Å². The predicted molar refractivity (Wildman–Crippen MR) is 162 cm³/mol. The van der Waals surface area contributed by atoms with Crippen molar-refractivity contribution in [3.63, 3.8) is 0 Å². The van der Waals surface area contributed by atoms with Crippen molar-refractivity contribution in [1.82, 2.24) is 0 Å². The Balaban J connectivity index is 1.48. The average Bonchev–Trinajstić information content (AvgIpc) is 3.50. The molecule has 234 valence electrons. The summed E-state index contributed by atoms with van der Waals surface area (Å²) < 4.78 is 108. The molecule has 0 aromatic heterocycles. The largest absolute Gasteiger partial charge is 0.419 e. The Kier molecular flexibility index (Phi) is 6.81. The number of hydrogen-bond acceptors (Lipinski definition) is 4. The maximum Gasteiger partial charge on any atom is 0.419 e. The van der Waals surface area contributed by atoms with Gasteiger partial charge in [-0.25, -0.2) is 8.78 Å². The highest BCUT2D eigenvalue weighted by molar-refractivity contribution is 6.21. The van der Waals surface area contributed by atoms with Crippen LogP contribution >= 0.6 is 0 Å². The molecule has 0 fully saturated rings. The molecule has 0 N–H and O–H groups in total. The Morgan fingerprint density at radius 1 is 0.417 bits per heavy atom. The Labute approximate surface area is 264 Å². The van der Waals surface area contributed by atoms with Gasteiger partial charge in [0, 0.05) is 21.5 Å². The van der Waals surface area contributed by atoms with Gasteiger partial charge in [-0.3, -0.25) is 0 Å². The number of hydrogen-bond donors (Lipinski definition) is 0. The lowest BCUT2D eigenvalue weighted by atomic mass is 9.99. The van der Waals surface area contributed by atoms with Crippen LogP contribution in [0.3, 0.4) is 0 Å². The summed E-state index contributed by atoms with van der Waals surface area (Å²) in [7, 11) is 0. The minimum atomic E-state index is -4.91. The average molecular weight is 655 g/mol. The van der Waals surface area contributed by atoms with E-state index < -0.39 is 35.1 Å². The summed E-state index contributed by atoms with van der Waals surface area (Å²) in [5.74, 6) is -2.82. The Morgan fingerprint density at radius 3 is 1.12 bits per heavy atom. The van der Waals surface area contributed by atoms with Crippen molar-refractivity contribution in [1.29, 1.82) is 10.5 Å². The number of alkyl halides is 6. The van der Waals surface area contributed by atoms with E-state index >= 15 is 0 Å². The van der Waals surface area contributed by atoms with Crippen molar-refractivity contribution in [3.8, 4) is 34.6 Å². The highest BCUT2D eigenvalue weighted by Gasteiger charge is 2.35. The fraction of sp³-hybridized carbons (Fsp3) is 0.0556. The van der Waals surface area contributed by atoms with Crippen LogP contribution in [0.1, 0.15) is 11.1 Å². The molecule has 12 heteroatoms. The van der Waals surface area contributed by atoms with Crippen molar-refractivity contribution < 1.29 is 35.1 Å². The van der Waals surface area contributed by atoms with Crippen molar-refractivity contribution >= 4 is 43.1 Å². The third-order valence-electron chi connectivity index (χ3n) is 8.33. The zero-order valence-corrected chi connectivity index (χ0v) is 23.9. The van der Waals surface area contributed by atoms with Gasteiger partial charge in [-0.05, 0) is 92.3 Å². The van der Waals surface area contributed by atoms with Gasteiger partial charge < -0.3 is 0 Å². The maximum absolute atomic E-state index is 14.0. The van der Waals surface area contributed by atoms with Crippen LogP contribution in [0.25, 0.3) is 65.3 Å². The lowest BCUT2D eigenvalue weighted by Gasteiger charge is -2.10. The maximum atomic E-state index is 14.0. The molecule has 7 rings (SSSR count). The van der Waals surface area contributed by atoms with Crippen LogP contribution in [0.4, 0.5) is 35.1 Å². The number of benzene rings is 5. The van der Waals surface area contributed by atoms with E-state index in [0.29, 0.717) is 66.3 Å². The third-order valence-corrected chi connectivity index (χ3v) is 8.33. The minimum Gasteiger partial charge on any atom is -0.206 e. The molecule has 0 heterocycles. The van der Waals surface area contributed by atoms with Crippen molar-refractivity contribution in [2.24, 2.45) is 9.98 Å². The van der Waals surface area contributed by atoms with Gasteiger partial charge >= 0.3 is 12.4 Å². The van der Waals surface area contributed by atoms with Gasteiger partial charge in [-0.2, -0.15) is 46.9 Å². The lowest BCUT2D eigenvalue weighted by molar-refractivity contribution is -0.140. The van der Waals surface area contributed by atoms with Crippen LogP contribution in [0.15, 0.2) is 94.9 Å². The van der Waals surface area contributed by atoms with Crippen molar-refractivity contribution in [3.05, 3.63) is 118 Å². The van der Waals surface area contributed by atoms with Gasteiger partial charge in [-0.1, -0.05) is 36.4 Å². The van der Waals surface area contributed by atoms with Crippen LogP contribution in [0.2, 0.25) is 0 Å². The Morgan fingerprint density at radius 2 is 0.750 bits per heavy atom. The molecule has 0 saturated carbocycles. The van der Waals surface area contributed by atoms with Crippen LogP contribution in [-0.4, -0.2) is 0 Å². The normalized spacial score (nSPS) is 13.2. The van der Waals surface area contributed by atoms with Crippen LogP contribution in [0.5, 0.6) is 0 Å². The molecular weight excluding hydrogens is 640 g/mol. The summed E-state index contributed by atoms with van der Waals surface area (Å²) >= 11 is 0. The molecule has 0 bridgehead atoms. The molecule has 7 aromatic rings. The molecule has 0 aliphatic rings. The van der Waals surface area contributed by atoms with Gasteiger partial charge in [0.05, 0.1) is 21.8 Å². The molecule has 0 atom stereocenters. The van der Waals surface area contributed by atoms with Gasteiger partial charge in [0.1, 0.15) is 11.6 Å². The fourth-order valence-corrected chi connectivity index (χ4v) is 6.22. The van der Waals surface area contributed by atoms with E-state index in [-0.39, 0.29) is 21.8 Å². The Hall–Kier alpha value is -6.14. The fourth-order valence-electron chi connectivity index (χ4n) is 6.22. The van der Waals surface area contributed by atoms with E-state index in [1.807, 2.05) is 0 Å². The van der Waals surface area contributed by atoms with Gasteiger partial charge in [-0.15, -0.1) is 0 Å². The van der Waals surface area contributed by atoms with Gasteiger partial charge in [0.2, 0.25) is 12.4 Å². The standard InChI is InChI=1S/C36H14F8N4/c37-31-7-3-19(11-29(31)35(39,40)41)17-1-5-21-23-13-24-22-6-2-18(20-4-8-32(38)30(12-20)36(42,43)44)10-26(22)34(48-16-46)28(24)14-27(23)33(47-15-45)25(21)9-17/h1-14H/b47-33-,48-34+. The summed E-state index contributed by atoms with van der Waals surface area (Å²) in [4.78, 5) is 8.00. The first-order chi connectivity index (χ1) is 22.8. The smallest absolute Gasteiger partial charge is 0.206 e. The highest BCUT2D eigenvalue weighted by atomic mass is 19.4.